The molecule has 0 fully saturated rings. The van der Waals surface area contributed by atoms with E-state index in [-0.39, 0.29) is 24.4 Å². The SMILES string of the molecule is COCCN(CC(=O)N1CCc2sccc2C1COc1ccc(C)cc1)C(=O)c1ccccc1. The third kappa shape index (κ3) is 5.66. The lowest BCUT2D eigenvalue weighted by molar-refractivity contribution is -0.135. The highest BCUT2D eigenvalue weighted by Crippen LogP contribution is 2.34. The molecule has 4 rings (SSSR count). The topological polar surface area (TPSA) is 59.1 Å². The molecule has 0 saturated heterocycles. The molecule has 0 radical (unpaired) electrons. The van der Waals surface area contributed by atoms with Crippen molar-refractivity contribution in [3.8, 4) is 5.75 Å². The molecule has 2 amide bonds. The van der Waals surface area contributed by atoms with Gasteiger partial charge >= 0.3 is 0 Å². The fraction of sp³-hybridized carbons (Fsp3) is 0.333. The minimum absolute atomic E-state index is 0.00239. The van der Waals surface area contributed by atoms with E-state index in [1.807, 2.05) is 54.3 Å². The summed E-state index contributed by atoms with van der Waals surface area (Å²) < 4.78 is 11.3. The van der Waals surface area contributed by atoms with Gasteiger partial charge in [0.15, 0.2) is 0 Å². The van der Waals surface area contributed by atoms with Crippen molar-refractivity contribution in [3.05, 3.63) is 87.6 Å². The number of carbonyl (C=O) groups is 2. The molecule has 7 heteroatoms. The molecule has 0 N–H and O–H groups in total. The van der Waals surface area contributed by atoms with Gasteiger partial charge < -0.3 is 19.3 Å². The molecule has 0 aliphatic carbocycles. The van der Waals surface area contributed by atoms with Gasteiger partial charge in [0.05, 0.1) is 12.6 Å². The van der Waals surface area contributed by atoms with Crippen LogP contribution in [0.5, 0.6) is 5.75 Å². The second-order valence-electron chi connectivity index (χ2n) is 8.36. The number of hydrogen-bond donors (Lipinski definition) is 0. The summed E-state index contributed by atoms with van der Waals surface area (Å²) in [6, 6.07) is 18.9. The number of methoxy groups -OCH3 is 1. The van der Waals surface area contributed by atoms with Gasteiger partial charge in [-0.25, -0.2) is 0 Å². The van der Waals surface area contributed by atoms with Gasteiger partial charge in [-0.15, -0.1) is 11.3 Å². The van der Waals surface area contributed by atoms with E-state index in [0.717, 1.165) is 17.7 Å². The number of hydrogen-bond acceptors (Lipinski definition) is 5. The number of aryl methyl sites for hydroxylation is 1. The Morgan fingerprint density at radius 1 is 1.09 bits per heavy atom. The molecule has 1 aromatic heterocycles. The number of ether oxygens (including phenoxy) is 2. The third-order valence-corrected chi connectivity index (χ3v) is 7.04. The Kier molecular flexibility index (Phi) is 7.98. The summed E-state index contributed by atoms with van der Waals surface area (Å²) in [5, 5.41) is 2.07. The number of nitrogens with zero attached hydrogens (tertiary/aromatic N) is 2. The van der Waals surface area contributed by atoms with Crippen LogP contribution in [0.15, 0.2) is 66.0 Å². The van der Waals surface area contributed by atoms with Gasteiger partial charge in [-0.05, 0) is 54.6 Å². The van der Waals surface area contributed by atoms with E-state index < -0.39 is 0 Å². The molecule has 0 bridgehead atoms. The zero-order valence-corrected chi connectivity index (χ0v) is 20.4. The smallest absolute Gasteiger partial charge is 0.254 e. The molecule has 2 aromatic carbocycles. The normalized spacial score (nSPS) is 15.0. The van der Waals surface area contributed by atoms with Crippen molar-refractivity contribution in [1.29, 1.82) is 0 Å². The average molecular weight is 479 g/mol. The van der Waals surface area contributed by atoms with Gasteiger partial charge in [0.2, 0.25) is 5.91 Å². The molecule has 178 valence electrons. The van der Waals surface area contributed by atoms with E-state index in [2.05, 4.69) is 11.4 Å². The molecule has 1 aliphatic heterocycles. The minimum Gasteiger partial charge on any atom is -0.491 e. The first-order valence-corrected chi connectivity index (χ1v) is 12.3. The Labute approximate surface area is 204 Å². The number of thiophene rings is 1. The lowest BCUT2D eigenvalue weighted by Gasteiger charge is -2.37. The average Bonchev–Trinajstić information content (AvgIpc) is 3.35. The van der Waals surface area contributed by atoms with Crippen LogP contribution in [0.2, 0.25) is 0 Å². The summed E-state index contributed by atoms with van der Waals surface area (Å²) in [5.41, 5.74) is 2.86. The van der Waals surface area contributed by atoms with E-state index in [4.69, 9.17) is 9.47 Å². The Hall–Kier alpha value is -3.16. The monoisotopic (exact) mass is 478 g/mol. The van der Waals surface area contributed by atoms with Crippen molar-refractivity contribution in [2.45, 2.75) is 19.4 Å². The molecular weight excluding hydrogens is 448 g/mol. The lowest BCUT2D eigenvalue weighted by Crippen LogP contribution is -2.48. The molecule has 1 unspecified atom stereocenters. The van der Waals surface area contributed by atoms with Crippen molar-refractivity contribution < 1.29 is 19.1 Å². The number of benzene rings is 2. The highest BCUT2D eigenvalue weighted by atomic mass is 32.1. The first-order valence-electron chi connectivity index (χ1n) is 11.4. The van der Waals surface area contributed by atoms with Crippen LogP contribution in [-0.4, -0.2) is 61.6 Å². The van der Waals surface area contributed by atoms with Gasteiger partial charge in [0.25, 0.3) is 5.91 Å². The Balaban J connectivity index is 1.51. The van der Waals surface area contributed by atoms with Crippen LogP contribution in [0.3, 0.4) is 0 Å². The second-order valence-corrected chi connectivity index (χ2v) is 9.36. The first-order chi connectivity index (χ1) is 16.6. The van der Waals surface area contributed by atoms with E-state index in [1.165, 1.54) is 10.4 Å². The van der Waals surface area contributed by atoms with Crippen LogP contribution in [-0.2, 0) is 16.0 Å². The van der Waals surface area contributed by atoms with Crippen LogP contribution in [0.4, 0.5) is 0 Å². The third-order valence-electron chi connectivity index (χ3n) is 6.04. The molecule has 1 aliphatic rings. The quantitative estimate of drug-likeness (QED) is 0.459. The predicted molar refractivity (Wildman–Crippen MR) is 133 cm³/mol. The summed E-state index contributed by atoms with van der Waals surface area (Å²) in [6.07, 6.45) is 0.810. The molecule has 6 nitrogen and oxygen atoms in total. The maximum absolute atomic E-state index is 13.5. The molecular formula is C27H30N2O4S. The molecule has 2 heterocycles. The van der Waals surface area contributed by atoms with Crippen molar-refractivity contribution >= 4 is 23.2 Å². The maximum atomic E-state index is 13.5. The predicted octanol–water partition coefficient (Wildman–Crippen LogP) is 4.35. The van der Waals surface area contributed by atoms with E-state index >= 15 is 0 Å². The molecule has 0 saturated carbocycles. The Morgan fingerprint density at radius 3 is 2.59 bits per heavy atom. The zero-order valence-electron chi connectivity index (χ0n) is 19.6. The van der Waals surface area contributed by atoms with Crippen LogP contribution in [0.25, 0.3) is 0 Å². The molecule has 0 spiro atoms. The van der Waals surface area contributed by atoms with Crippen molar-refractivity contribution in [1.82, 2.24) is 9.80 Å². The van der Waals surface area contributed by atoms with E-state index in [0.29, 0.717) is 31.9 Å². The van der Waals surface area contributed by atoms with Crippen molar-refractivity contribution in [2.24, 2.45) is 0 Å². The van der Waals surface area contributed by atoms with E-state index in [1.54, 1.807) is 35.5 Å². The molecule has 1 atom stereocenters. The highest BCUT2D eigenvalue weighted by molar-refractivity contribution is 7.10. The number of fused-ring (bicyclic) bond motifs is 1. The molecule has 3 aromatic rings. The van der Waals surface area contributed by atoms with Gasteiger partial charge in [0, 0.05) is 30.6 Å². The van der Waals surface area contributed by atoms with Crippen molar-refractivity contribution in [2.75, 3.05) is 40.0 Å². The first kappa shape index (κ1) is 24.0. The van der Waals surface area contributed by atoms with Crippen LogP contribution < -0.4 is 4.74 Å². The van der Waals surface area contributed by atoms with Gasteiger partial charge in [-0.1, -0.05) is 35.9 Å². The summed E-state index contributed by atoms with van der Waals surface area (Å²) in [5.74, 6) is 0.516. The van der Waals surface area contributed by atoms with E-state index in [9.17, 15) is 9.59 Å². The zero-order chi connectivity index (χ0) is 23.9. The number of carbonyl (C=O) groups excluding carboxylic acids is 2. The van der Waals surface area contributed by atoms with Crippen LogP contribution in [0, 0.1) is 6.92 Å². The summed E-state index contributed by atoms with van der Waals surface area (Å²) in [6.45, 7) is 3.71. The second kappa shape index (κ2) is 11.3. The van der Waals surface area contributed by atoms with Crippen LogP contribution in [0.1, 0.15) is 32.4 Å². The standard InChI is InChI=1S/C27H30N2O4S/c1-20-8-10-22(11-9-20)33-19-24-23-13-17-34-25(23)12-14-29(24)26(30)18-28(15-16-32-2)27(31)21-6-4-3-5-7-21/h3-11,13,17,24H,12,14-16,18-19H2,1-2H3. The van der Waals surface area contributed by atoms with Crippen molar-refractivity contribution in [3.63, 3.8) is 0 Å². The largest absolute Gasteiger partial charge is 0.491 e. The molecule has 34 heavy (non-hydrogen) atoms. The Morgan fingerprint density at radius 2 is 1.85 bits per heavy atom. The Bertz CT molecular complexity index is 1100. The van der Waals surface area contributed by atoms with Crippen LogP contribution >= 0.6 is 11.3 Å². The maximum Gasteiger partial charge on any atom is 0.254 e. The van der Waals surface area contributed by atoms with Gasteiger partial charge in [-0.3, -0.25) is 9.59 Å². The lowest BCUT2D eigenvalue weighted by atomic mass is 10.0. The fourth-order valence-electron chi connectivity index (χ4n) is 4.16. The summed E-state index contributed by atoms with van der Waals surface area (Å²) in [4.78, 5) is 31.4. The van der Waals surface area contributed by atoms with Gasteiger partial charge in [0.1, 0.15) is 18.9 Å². The van der Waals surface area contributed by atoms with Gasteiger partial charge in [-0.2, -0.15) is 0 Å². The number of rotatable bonds is 9. The fourth-order valence-corrected chi connectivity index (χ4v) is 5.08. The number of amides is 2. The minimum atomic E-state index is -0.195. The summed E-state index contributed by atoms with van der Waals surface area (Å²) in [7, 11) is 1.59. The highest BCUT2D eigenvalue weighted by Gasteiger charge is 2.33. The summed E-state index contributed by atoms with van der Waals surface area (Å²) >= 11 is 1.72.